The maximum Gasteiger partial charge on any atom is 0.231 e. The van der Waals surface area contributed by atoms with Crippen LogP contribution in [0.25, 0.3) is 11.4 Å². The minimum atomic E-state index is -1.09. The lowest BCUT2D eigenvalue weighted by molar-refractivity contribution is -0.117. The summed E-state index contributed by atoms with van der Waals surface area (Å²) in [5, 5.41) is 5.78. The Balaban J connectivity index is 1.59. The lowest BCUT2D eigenvalue weighted by atomic mass is 10.1. The van der Waals surface area contributed by atoms with Crippen LogP contribution >= 0.6 is 0 Å². The highest BCUT2D eigenvalue weighted by molar-refractivity contribution is 5.95. The van der Waals surface area contributed by atoms with E-state index in [1.807, 2.05) is 6.92 Å². The van der Waals surface area contributed by atoms with Crippen molar-refractivity contribution in [2.24, 2.45) is 5.92 Å². The van der Waals surface area contributed by atoms with Gasteiger partial charge in [0.2, 0.25) is 5.91 Å². The third-order valence-electron chi connectivity index (χ3n) is 4.88. The number of ketones is 1. The van der Waals surface area contributed by atoms with Crippen LogP contribution in [0.1, 0.15) is 35.8 Å². The fourth-order valence-electron chi connectivity index (χ4n) is 2.97. The van der Waals surface area contributed by atoms with Crippen LogP contribution in [0.5, 0.6) is 0 Å². The Morgan fingerprint density at radius 1 is 1.13 bits per heavy atom. The standard InChI is InChI=1S/C21H20FN7O2/c1-3-17(30)14-6-11(2)16(9-25-14)28-20-19(23-4-5-24-20)15-8-18(27-10-26-15)29-21(31)12-7-13(12)22/h4-6,8-10,12-13H,3,7H2,1-2H3,(H,24,28)(H,26,27,29,31)/t12-,13+/m0/s1. The highest BCUT2D eigenvalue weighted by Gasteiger charge is 2.43. The van der Waals surface area contributed by atoms with E-state index < -0.39 is 18.0 Å². The molecule has 0 unspecified atom stereocenters. The molecule has 0 bridgehead atoms. The minimum Gasteiger partial charge on any atom is -0.337 e. The van der Waals surface area contributed by atoms with Crippen LogP contribution in [0, 0.1) is 12.8 Å². The Hall–Kier alpha value is -3.82. The van der Waals surface area contributed by atoms with Crippen LogP contribution in [-0.4, -0.2) is 42.8 Å². The van der Waals surface area contributed by atoms with Gasteiger partial charge in [-0.15, -0.1) is 0 Å². The van der Waals surface area contributed by atoms with E-state index in [9.17, 15) is 14.0 Å². The SMILES string of the molecule is CCC(=O)c1cc(C)c(Nc2nccnc2-c2cc(NC(=O)[C@H]3C[C@H]3F)ncn2)cn1. The molecule has 3 heterocycles. The van der Waals surface area contributed by atoms with Gasteiger partial charge in [0.15, 0.2) is 11.6 Å². The number of alkyl halides is 1. The predicted molar refractivity (Wildman–Crippen MR) is 112 cm³/mol. The van der Waals surface area contributed by atoms with Crippen LogP contribution in [-0.2, 0) is 4.79 Å². The first-order chi connectivity index (χ1) is 15.0. The van der Waals surface area contributed by atoms with Crippen molar-refractivity contribution in [3.63, 3.8) is 0 Å². The molecule has 31 heavy (non-hydrogen) atoms. The van der Waals surface area contributed by atoms with E-state index in [1.165, 1.54) is 18.7 Å². The molecule has 0 spiro atoms. The third kappa shape index (κ3) is 4.52. The highest BCUT2D eigenvalue weighted by Crippen LogP contribution is 2.35. The second kappa shape index (κ2) is 8.50. The second-order valence-electron chi connectivity index (χ2n) is 7.18. The summed E-state index contributed by atoms with van der Waals surface area (Å²) in [7, 11) is 0. The van der Waals surface area contributed by atoms with Crippen LogP contribution in [0.2, 0.25) is 0 Å². The van der Waals surface area contributed by atoms with E-state index in [4.69, 9.17) is 0 Å². The molecule has 1 fully saturated rings. The predicted octanol–water partition coefficient (Wildman–Crippen LogP) is 3.27. The number of carbonyl (C=O) groups is 2. The van der Waals surface area contributed by atoms with Gasteiger partial charge >= 0.3 is 0 Å². The summed E-state index contributed by atoms with van der Waals surface area (Å²) < 4.78 is 13.1. The summed E-state index contributed by atoms with van der Waals surface area (Å²) in [5.41, 5.74) is 2.76. The van der Waals surface area contributed by atoms with Gasteiger partial charge in [-0.25, -0.2) is 24.3 Å². The smallest absolute Gasteiger partial charge is 0.231 e. The van der Waals surface area contributed by atoms with Crippen molar-refractivity contribution in [3.05, 3.63) is 48.3 Å². The molecular formula is C21H20FN7O2. The summed E-state index contributed by atoms with van der Waals surface area (Å²) in [4.78, 5) is 45.0. The number of halogens is 1. The normalized spacial score (nSPS) is 17.1. The lowest BCUT2D eigenvalue weighted by Gasteiger charge is -2.12. The molecule has 2 N–H and O–H groups in total. The Kier molecular flexibility index (Phi) is 5.61. The zero-order valence-corrected chi connectivity index (χ0v) is 17.0. The van der Waals surface area contributed by atoms with Crippen molar-refractivity contribution in [2.75, 3.05) is 10.6 Å². The first-order valence-corrected chi connectivity index (χ1v) is 9.81. The van der Waals surface area contributed by atoms with Crippen molar-refractivity contribution in [1.29, 1.82) is 0 Å². The molecule has 0 radical (unpaired) electrons. The number of amides is 1. The molecule has 3 aromatic rings. The van der Waals surface area contributed by atoms with Gasteiger partial charge in [-0.1, -0.05) is 6.92 Å². The number of nitrogens with zero attached hydrogens (tertiary/aromatic N) is 5. The summed E-state index contributed by atoms with van der Waals surface area (Å²) >= 11 is 0. The number of nitrogens with one attached hydrogen (secondary N) is 2. The van der Waals surface area contributed by atoms with Gasteiger partial charge < -0.3 is 10.6 Å². The van der Waals surface area contributed by atoms with E-state index in [0.29, 0.717) is 35.0 Å². The Bertz CT molecular complexity index is 1150. The molecule has 0 aliphatic heterocycles. The van der Waals surface area contributed by atoms with Gasteiger partial charge in [0, 0.05) is 24.9 Å². The zero-order chi connectivity index (χ0) is 22.0. The molecule has 1 amide bonds. The second-order valence-corrected chi connectivity index (χ2v) is 7.18. The number of anilines is 3. The number of hydrogen-bond acceptors (Lipinski definition) is 8. The Morgan fingerprint density at radius 2 is 1.90 bits per heavy atom. The van der Waals surface area contributed by atoms with Crippen molar-refractivity contribution >= 4 is 29.0 Å². The van der Waals surface area contributed by atoms with E-state index >= 15 is 0 Å². The number of aryl methyl sites for hydroxylation is 1. The number of carbonyl (C=O) groups excluding carboxylic acids is 2. The lowest BCUT2D eigenvalue weighted by Crippen LogP contribution is -2.16. The van der Waals surface area contributed by atoms with Crippen LogP contribution in [0.4, 0.5) is 21.7 Å². The number of hydrogen-bond donors (Lipinski definition) is 2. The van der Waals surface area contributed by atoms with Gasteiger partial charge in [0.25, 0.3) is 0 Å². The average Bonchev–Trinajstić information content (AvgIpc) is 3.52. The molecule has 4 rings (SSSR count). The molecular weight excluding hydrogens is 401 g/mol. The molecule has 1 aliphatic rings. The molecule has 0 saturated heterocycles. The first-order valence-electron chi connectivity index (χ1n) is 9.81. The molecule has 9 nitrogen and oxygen atoms in total. The van der Waals surface area contributed by atoms with E-state index in [1.54, 1.807) is 25.3 Å². The quantitative estimate of drug-likeness (QED) is 0.557. The maximum atomic E-state index is 13.1. The van der Waals surface area contributed by atoms with Crippen molar-refractivity contribution in [3.8, 4) is 11.4 Å². The highest BCUT2D eigenvalue weighted by atomic mass is 19.1. The minimum absolute atomic E-state index is 0.0318. The molecule has 10 heteroatoms. The van der Waals surface area contributed by atoms with E-state index in [-0.39, 0.29) is 18.0 Å². The number of Topliss-reactive ketones (excluding diaryl/α,β-unsaturated/α-hetero) is 1. The number of rotatable bonds is 7. The van der Waals surface area contributed by atoms with Crippen LogP contribution < -0.4 is 10.6 Å². The zero-order valence-electron chi connectivity index (χ0n) is 17.0. The fraction of sp³-hybridized carbons (Fsp3) is 0.286. The molecule has 2 atom stereocenters. The number of aromatic nitrogens is 5. The van der Waals surface area contributed by atoms with Crippen molar-refractivity contribution in [1.82, 2.24) is 24.9 Å². The topological polar surface area (TPSA) is 123 Å². The molecule has 1 saturated carbocycles. The third-order valence-corrected chi connectivity index (χ3v) is 4.88. The van der Waals surface area contributed by atoms with Gasteiger partial charge in [-0.3, -0.25) is 14.6 Å². The largest absolute Gasteiger partial charge is 0.337 e. The Labute approximate surface area is 177 Å². The fourth-order valence-corrected chi connectivity index (χ4v) is 2.97. The average molecular weight is 421 g/mol. The molecule has 0 aromatic carbocycles. The Morgan fingerprint density at radius 3 is 2.61 bits per heavy atom. The van der Waals surface area contributed by atoms with Gasteiger partial charge in [-0.05, 0) is 25.0 Å². The summed E-state index contributed by atoms with van der Waals surface area (Å²) in [6.07, 6.45) is 5.44. The molecule has 1 aliphatic carbocycles. The van der Waals surface area contributed by atoms with E-state index in [0.717, 1.165) is 5.56 Å². The van der Waals surface area contributed by atoms with Gasteiger partial charge in [-0.2, -0.15) is 0 Å². The van der Waals surface area contributed by atoms with Crippen molar-refractivity contribution < 1.29 is 14.0 Å². The molecule has 158 valence electrons. The van der Waals surface area contributed by atoms with Crippen molar-refractivity contribution in [2.45, 2.75) is 32.9 Å². The first kappa shape index (κ1) is 20.5. The molecule has 3 aromatic heterocycles. The van der Waals surface area contributed by atoms with Gasteiger partial charge in [0.1, 0.15) is 29.7 Å². The maximum absolute atomic E-state index is 13.1. The van der Waals surface area contributed by atoms with E-state index in [2.05, 4.69) is 35.6 Å². The number of pyridine rings is 1. The monoisotopic (exact) mass is 421 g/mol. The van der Waals surface area contributed by atoms with Crippen LogP contribution in [0.3, 0.4) is 0 Å². The van der Waals surface area contributed by atoms with Crippen LogP contribution in [0.15, 0.2) is 37.1 Å². The van der Waals surface area contributed by atoms with Gasteiger partial charge in [0.05, 0.1) is 23.5 Å². The summed E-state index contributed by atoms with van der Waals surface area (Å²) in [5.74, 6) is -0.381. The summed E-state index contributed by atoms with van der Waals surface area (Å²) in [6.45, 7) is 3.65. The summed E-state index contributed by atoms with van der Waals surface area (Å²) in [6, 6.07) is 3.27.